The number of carboxylic acid groups (broad SMARTS) is 1. The molecule has 0 saturated carbocycles. The molecular formula is C20H18FNO4S. The third-order valence-corrected chi connectivity index (χ3v) is 6.01. The third-order valence-electron chi connectivity index (χ3n) is 4.33. The zero-order chi connectivity index (χ0) is 19.8. The van der Waals surface area contributed by atoms with Crippen LogP contribution in [0.3, 0.4) is 0 Å². The molecule has 0 unspecified atom stereocenters. The highest BCUT2D eigenvalue weighted by molar-refractivity contribution is 7.90. The van der Waals surface area contributed by atoms with Crippen molar-refractivity contribution in [2.24, 2.45) is 0 Å². The summed E-state index contributed by atoms with van der Waals surface area (Å²) >= 11 is 0. The summed E-state index contributed by atoms with van der Waals surface area (Å²) in [5.74, 6) is -1.63. The average molecular weight is 387 g/mol. The molecule has 3 aromatic rings. The van der Waals surface area contributed by atoms with Crippen LogP contribution in [-0.4, -0.2) is 23.5 Å². The van der Waals surface area contributed by atoms with E-state index in [0.29, 0.717) is 10.9 Å². The zero-order valence-electron chi connectivity index (χ0n) is 14.8. The number of aromatic nitrogens is 1. The molecule has 2 aromatic carbocycles. The smallest absolute Gasteiger partial charge is 0.331 e. The largest absolute Gasteiger partial charge is 0.478 e. The number of nitrogens with zero attached hydrogens (tertiary/aromatic N) is 1. The summed E-state index contributed by atoms with van der Waals surface area (Å²) in [7, 11) is -3.92. The van der Waals surface area contributed by atoms with Crippen molar-refractivity contribution >= 4 is 33.0 Å². The van der Waals surface area contributed by atoms with E-state index >= 15 is 0 Å². The maximum atomic E-state index is 13.8. The molecule has 0 aliphatic carbocycles. The molecule has 1 N–H and O–H groups in total. The molecule has 0 spiro atoms. The monoisotopic (exact) mass is 387 g/mol. The summed E-state index contributed by atoms with van der Waals surface area (Å²) in [4.78, 5) is 11.4. The number of carbonyl (C=O) groups is 1. The molecule has 27 heavy (non-hydrogen) atoms. The zero-order valence-corrected chi connectivity index (χ0v) is 15.6. The van der Waals surface area contributed by atoms with E-state index in [2.05, 4.69) is 0 Å². The second-order valence-electron chi connectivity index (χ2n) is 6.19. The standard InChI is InChI=1S/C20H18FNO4S/c1-3-14(20(23)24)10-15-12-22(19-9-6-16(21)11-18(15)19)27(25,26)17-7-4-13(2)5-8-17/h4-12H,3H2,1-2H3,(H,23,24). The van der Waals surface area contributed by atoms with Crippen molar-refractivity contribution in [2.45, 2.75) is 25.2 Å². The summed E-state index contributed by atoms with van der Waals surface area (Å²) in [6.07, 6.45) is 2.96. The van der Waals surface area contributed by atoms with Gasteiger partial charge in [-0.15, -0.1) is 0 Å². The van der Waals surface area contributed by atoms with Gasteiger partial charge in [-0.25, -0.2) is 21.6 Å². The van der Waals surface area contributed by atoms with Crippen LogP contribution in [0.4, 0.5) is 4.39 Å². The molecule has 0 radical (unpaired) electrons. The quantitative estimate of drug-likeness (QED) is 0.666. The second kappa shape index (κ2) is 7.00. The van der Waals surface area contributed by atoms with E-state index in [9.17, 15) is 22.7 Å². The molecule has 7 heteroatoms. The Bertz CT molecular complexity index is 1160. The predicted octanol–water partition coefficient (Wildman–Crippen LogP) is 4.20. The number of hydrogen-bond acceptors (Lipinski definition) is 3. The van der Waals surface area contributed by atoms with Crippen LogP contribution in [0.1, 0.15) is 24.5 Å². The number of benzene rings is 2. The first kappa shape index (κ1) is 18.8. The van der Waals surface area contributed by atoms with Crippen LogP contribution in [0.15, 0.2) is 59.1 Å². The molecule has 1 heterocycles. The molecule has 0 bridgehead atoms. The van der Waals surface area contributed by atoms with Gasteiger partial charge in [-0.1, -0.05) is 24.6 Å². The van der Waals surface area contributed by atoms with Gasteiger partial charge in [-0.05, 0) is 49.8 Å². The minimum Gasteiger partial charge on any atom is -0.478 e. The first-order valence-electron chi connectivity index (χ1n) is 8.30. The lowest BCUT2D eigenvalue weighted by molar-refractivity contribution is -0.132. The van der Waals surface area contributed by atoms with Gasteiger partial charge >= 0.3 is 5.97 Å². The Hall–Kier alpha value is -2.93. The summed E-state index contributed by atoms with van der Waals surface area (Å²) in [5.41, 5.74) is 1.64. The fourth-order valence-corrected chi connectivity index (χ4v) is 4.22. The Morgan fingerprint density at radius 2 is 1.85 bits per heavy atom. The van der Waals surface area contributed by atoms with Gasteiger partial charge in [0, 0.05) is 22.7 Å². The fraction of sp³-hybridized carbons (Fsp3) is 0.150. The molecule has 0 saturated heterocycles. The van der Waals surface area contributed by atoms with Crippen molar-refractivity contribution in [1.82, 2.24) is 3.97 Å². The molecule has 140 valence electrons. The Morgan fingerprint density at radius 3 is 2.44 bits per heavy atom. The van der Waals surface area contributed by atoms with Crippen molar-refractivity contribution in [3.05, 3.63) is 71.2 Å². The van der Waals surface area contributed by atoms with Crippen molar-refractivity contribution in [2.75, 3.05) is 0 Å². The maximum absolute atomic E-state index is 13.8. The Balaban J connectivity index is 2.29. The molecule has 0 aliphatic rings. The summed E-state index contributed by atoms with van der Waals surface area (Å²) < 4.78 is 41.0. The van der Waals surface area contributed by atoms with E-state index in [0.717, 1.165) is 9.54 Å². The van der Waals surface area contributed by atoms with Gasteiger partial charge in [0.05, 0.1) is 10.4 Å². The molecule has 0 atom stereocenters. The van der Waals surface area contributed by atoms with Crippen LogP contribution in [0, 0.1) is 12.7 Å². The minimum absolute atomic E-state index is 0.0961. The molecular weight excluding hydrogens is 369 g/mol. The lowest BCUT2D eigenvalue weighted by atomic mass is 10.1. The predicted molar refractivity (Wildman–Crippen MR) is 102 cm³/mol. The highest BCUT2D eigenvalue weighted by Gasteiger charge is 2.21. The van der Waals surface area contributed by atoms with E-state index in [1.54, 1.807) is 19.1 Å². The lowest BCUT2D eigenvalue weighted by Gasteiger charge is -2.07. The number of halogens is 1. The molecule has 0 fully saturated rings. The summed E-state index contributed by atoms with van der Waals surface area (Å²) in [6, 6.07) is 10.2. The number of rotatable bonds is 5. The van der Waals surface area contributed by atoms with E-state index < -0.39 is 21.8 Å². The van der Waals surface area contributed by atoms with Gasteiger partial charge in [0.1, 0.15) is 5.82 Å². The van der Waals surface area contributed by atoms with Gasteiger partial charge in [0.2, 0.25) is 0 Å². The molecule has 0 aliphatic heterocycles. The van der Waals surface area contributed by atoms with Crippen LogP contribution in [0.2, 0.25) is 0 Å². The third kappa shape index (κ3) is 3.50. The van der Waals surface area contributed by atoms with Gasteiger partial charge in [0.25, 0.3) is 10.0 Å². The van der Waals surface area contributed by atoms with Crippen molar-refractivity contribution in [1.29, 1.82) is 0 Å². The Kier molecular flexibility index (Phi) is 4.89. The minimum atomic E-state index is -3.92. The number of hydrogen-bond donors (Lipinski definition) is 1. The topological polar surface area (TPSA) is 76.4 Å². The first-order valence-corrected chi connectivity index (χ1v) is 9.74. The Morgan fingerprint density at radius 1 is 1.19 bits per heavy atom. The highest BCUT2D eigenvalue weighted by atomic mass is 32.2. The van der Waals surface area contributed by atoms with E-state index in [-0.39, 0.29) is 22.4 Å². The van der Waals surface area contributed by atoms with Crippen LogP contribution in [0.25, 0.3) is 17.0 Å². The summed E-state index contributed by atoms with van der Waals surface area (Å²) in [5, 5.41) is 9.60. The number of aliphatic carboxylic acids is 1. The van der Waals surface area contributed by atoms with E-state index in [4.69, 9.17) is 0 Å². The Labute approximate surface area is 156 Å². The molecule has 1 aromatic heterocycles. The average Bonchev–Trinajstić information content (AvgIpc) is 2.98. The molecule has 5 nitrogen and oxygen atoms in total. The number of fused-ring (bicyclic) bond motifs is 1. The van der Waals surface area contributed by atoms with E-state index in [1.165, 1.54) is 42.6 Å². The van der Waals surface area contributed by atoms with Crippen molar-refractivity contribution in [3.63, 3.8) is 0 Å². The van der Waals surface area contributed by atoms with E-state index in [1.807, 2.05) is 6.92 Å². The fourth-order valence-electron chi connectivity index (χ4n) is 2.84. The van der Waals surface area contributed by atoms with Crippen LogP contribution < -0.4 is 0 Å². The maximum Gasteiger partial charge on any atom is 0.331 e. The van der Waals surface area contributed by atoms with Crippen molar-refractivity contribution in [3.8, 4) is 0 Å². The second-order valence-corrected chi connectivity index (χ2v) is 8.00. The van der Waals surface area contributed by atoms with Crippen molar-refractivity contribution < 1.29 is 22.7 Å². The van der Waals surface area contributed by atoms with Gasteiger partial charge < -0.3 is 5.11 Å². The van der Waals surface area contributed by atoms with Gasteiger partial charge in [-0.2, -0.15) is 0 Å². The van der Waals surface area contributed by atoms with Gasteiger partial charge in [-0.3, -0.25) is 0 Å². The number of carboxylic acids is 1. The highest BCUT2D eigenvalue weighted by Crippen LogP contribution is 2.29. The number of aryl methyl sites for hydroxylation is 1. The van der Waals surface area contributed by atoms with Crippen LogP contribution >= 0.6 is 0 Å². The van der Waals surface area contributed by atoms with Crippen LogP contribution in [0.5, 0.6) is 0 Å². The summed E-state index contributed by atoms with van der Waals surface area (Å²) in [6.45, 7) is 3.54. The van der Waals surface area contributed by atoms with Gasteiger partial charge in [0.15, 0.2) is 0 Å². The molecule has 0 amide bonds. The lowest BCUT2D eigenvalue weighted by Crippen LogP contribution is -2.11. The van der Waals surface area contributed by atoms with Crippen LogP contribution in [-0.2, 0) is 14.8 Å². The SMILES string of the molecule is CCC(=Cc1cn(S(=O)(=O)c2ccc(C)cc2)c2ccc(F)cc12)C(=O)O. The molecule has 3 rings (SSSR count). The first-order chi connectivity index (χ1) is 12.7. The normalized spacial score (nSPS) is 12.5.